The summed E-state index contributed by atoms with van der Waals surface area (Å²) in [6, 6.07) is 5.38. The molecule has 2 heterocycles. The van der Waals surface area contributed by atoms with E-state index in [4.69, 9.17) is 4.74 Å². The number of ether oxygens (including phenoxy) is 1. The zero-order chi connectivity index (χ0) is 19.1. The Morgan fingerprint density at radius 2 is 2.11 bits per heavy atom. The SMILES string of the molecule is CN=C(NCCc1csc(C)n1)NCc1ccc(N2CCOCC2)c(F)c1.I. The highest BCUT2D eigenvalue weighted by Crippen LogP contribution is 2.21. The summed E-state index contributed by atoms with van der Waals surface area (Å²) in [4.78, 5) is 10.7. The Labute approximate surface area is 186 Å². The van der Waals surface area contributed by atoms with E-state index in [0.717, 1.165) is 42.3 Å². The molecule has 0 radical (unpaired) electrons. The maximum Gasteiger partial charge on any atom is 0.191 e. The molecule has 1 aliphatic rings. The first-order valence-electron chi connectivity index (χ1n) is 9.12. The van der Waals surface area contributed by atoms with Crippen molar-refractivity contribution in [1.82, 2.24) is 15.6 Å². The molecule has 1 aromatic carbocycles. The van der Waals surface area contributed by atoms with Gasteiger partial charge in [-0.1, -0.05) is 6.07 Å². The fraction of sp³-hybridized carbons (Fsp3) is 0.474. The van der Waals surface area contributed by atoms with Crippen LogP contribution in [0.2, 0.25) is 0 Å². The van der Waals surface area contributed by atoms with Crippen molar-refractivity contribution >= 4 is 47.0 Å². The Morgan fingerprint density at radius 3 is 2.75 bits per heavy atom. The molecule has 6 nitrogen and oxygen atoms in total. The Kier molecular flexibility index (Phi) is 9.39. The molecule has 2 aromatic rings. The molecule has 28 heavy (non-hydrogen) atoms. The zero-order valence-electron chi connectivity index (χ0n) is 16.2. The predicted octanol–water partition coefficient (Wildman–Crippen LogP) is 2.95. The number of hydrogen-bond acceptors (Lipinski definition) is 5. The summed E-state index contributed by atoms with van der Waals surface area (Å²) < 4.78 is 19.8. The van der Waals surface area contributed by atoms with Crippen molar-refractivity contribution in [3.63, 3.8) is 0 Å². The van der Waals surface area contributed by atoms with Crippen molar-refractivity contribution in [3.05, 3.63) is 45.7 Å². The second-order valence-corrected chi connectivity index (χ2v) is 7.41. The van der Waals surface area contributed by atoms with Crippen LogP contribution in [-0.4, -0.2) is 50.8 Å². The zero-order valence-corrected chi connectivity index (χ0v) is 19.4. The Balaban J connectivity index is 0.00000280. The number of benzene rings is 1. The van der Waals surface area contributed by atoms with Crippen LogP contribution in [0.15, 0.2) is 28.6 Å². The summed E-state index contributed by atoms with van der Waals surface area (Å²) in [5.74, 6) is 0.498. The van der Waals surface area contributed by atoms with Gasteiger partial charge in [-0.25, -0.2) is 9.37 Å². The quantitative estimate of drug-likeness (QED) is 0.349. The minimum absolute atomic E-state index is 0. The number of thiazole rings is 1. The summed E-state index contributed by atoms with van der Waals surface area (Å²) in [7, 11) is 1.73. The number of nitrogens with one attached hydrogen (secondary N) is 2. The van der Waals surface area contributed by atoms with E-state index in [9.17, 15) is 4.39 Å². The number of aromatic nitrogens is 1. The number of nitrogens with zero attached hydrogens (tertiary/aromatic N) is 3. The molecule has 1 aromatic heterocycles. The van der Waals surface area contributed by atoms with Gasteiger partial charge in [0, 0.05) is 45.0 Å². The third kappa shape index (κ3) is 6.56. The summed E-state index contributed by atoms with van der Waals surface area (Å²) in [6.07, 6.45) is 0.841. The first kappa shape index (κ1) is 22.8. The van der Waals surface area contributed by atoms with Crippen molar-refractivity contribution in [1.29, 1.82) is 0 Å². The van der Waals surface area contributed by atoms with Gasteiger partial charge in [0.15, 0.2) is 5.96 Å². The van der Waals surface area contributed by atoms with Crippen LogP contribution in [0.3, 0.4) is 0 Å². The van der Waals surface area contributed by atoms with Gasteiger partial charge in [-0.15, -0.1) is 35.3 Å². The number of guanidine groups is 1. The number of anilines is 1. The van der Waals surface area contributed by atoms with E-state index in [1.54, 1.807) is 24.5 Å². The van der Waals surface area contributed by atoms with E-state index in [-0.39, 0.29) is 29.8 Å². The summed E-state index contributed by atoms with van der Waals surface area (Å²) in [6.45, 7) is 6.00. The normalized spacial score (nSPS) is 14.5. The average molecular weight is 519 g/mol. The third-order valence-corrected chi connectivity index (χ3v) is 5.21. The molecule has 0 saturated carbocycles. The number of morpholine rings is 1. The maximum absolute atomic E-state index is 14.5. The van der Waals surface area contributed by atoms with E-state index in [0.29, 0.717) is 31.4 Å². The Morgan fingerprint density at radius 1 is 1.32 bits per heavy atom. The van der Waals surface area contributed by atoms with Gasteiger partial charge in [-0.05, 0) is 24.6 Å². The molecule has 0 amide bonds. The summed E-state index contributed by atoms with van der Waals surface area (Å²) in [5.41, 5.74) is 2.60. The van der Waals surface area contributed by atoms with Gasteiger partial charge in [-0.2, -0.15) is 0 Å². The van der Waals surface area contributed by atoms with E-state index in [2.05, 4.69) is 26.0 Å². The highest BCUT2D eigenvalue weighted by atomic mass is 127. The van der Waals surface area contributed by atoms with E-state index >= 15 is 0 Å². The van der Waals surface area contributed by atoms with Crippen molar-refractivity contribution in [2.75, 3.05) is 44.8 Å². The molecule has 1 saturated heterocycles. The maximum atomic E-state index is 14.5. The van der Waals surface area contributed by atoms with Gasteiger partial charge in [-0.3, -0.25) is 4.99 Å². The second kappa shape index (κ2) is 11.5. The molecule has 9 heteroatoms. The van der Waals surface area contributed by atoms with Crippen molar-refractivity contribution in [2.45, 2.75) is 19.9 Å². The second-order valence-electron chi connectivity index (χ2n) is 6.35. The minimum Gasteiger partial charge on any atom is -0.378 e. The lowest BCUT2D eigenvalue weighted by Gasteiger charge is -2.29. The van der Waals surface area contributed by atoms with Gasteiger partial charge in [0.05, 0.1) is 29.6 Å². The highest BCUT2D eigenvalue weighted by molar-refractivity contribution is 14.0. The van der Waals surface area contributed by atoms with Crippen molar-refractivity contribution in [2.24, 2.45) is 4.99 Å². The Hall–Kier alpha value is -1.46. The van der Waals surface area contributed by atoms with E-state index in [1.807, 2.05) is 24.0 Å². The van der Waals surface area contributed by atoms with E-state index < -0.39 is 0 Å². The molecule has 0 aliphatic carbocycles. The summed E-state index contributed by atoms with van der Waals surface area (Å²) >= 11 is 1.66. The van der Waals surface area contributed by atoms with Crippen molar-refractivity contribution < 1.29 is 9.13 Å². The molecular weight excluding hydrogens is 492 g/mol. The largest absolute Gasteiger partial charge is 0.378 e. The van der Waals surface area contributed by atoms with E-state index in [1.165, 1.54) is 0 Å². The van der Waals surface area contributed by atoms with Gasteiger partial charge in [0.2, 0.25) is 0 Å². The monoisotopic (exact) mass is 519 g/mol. The van der Waals surface area contributed by atoms with Crippen LogP contribution in [0.25, 0.3) is 0 Å². The molecule has 0 spiro atoms. The van der Waals surface area contributed by atoms with Crippen LogP contribution in [-0.2, 0) is 17.7 Å². The lowest BCUT2D eigenvalue weighted by atomic mass is 10.1. The fourth-order valence-electron chi connectivity index (χ4n) is 2.96. The Bertz CT molecular complexity index is 779. The van der Waals surface area contributed by atoms with Gasteiger partial charge < -0.3 is 20.3 Å². The van der Waals surface area contributed by atoms with Crippen LogP contribution in [0.5, 0.6) is 0 Å². The standard InChI is InChI=1S/C19H26FN5OS.HI/c1-14-24-16(13-27-14)5-6-22-19(21-2)23-12-15-3-4-18(17(20)11-15)25-7-9-26-10-8-25;/h3-4,11,13H,5-10,12H2,1-2H3,(H2,21,22,23);1H. The molecule has 0 unspecified atom stereocenters. The van der Waals surface area contributed by atoms with Crippen LogP contribution in [0, 0.1) is 12.7 Å². The van der Waals surface area contributed by atoms with Gasteiger partial charge in [0.1, 0.15) is 5.82 Å². The molecule has 0 bridgehead atoms. The molecule has 1 aliphatic heterocycles. The number of aryl methyl sites for hydroxylation is 1. The smallest absolute Gasteiger partial charge is 0.191 e. The number of rotatable bonds is 6. The third-order valence-electron chi connectivity index (χ3n) is 4.39. The lowest BCUT2D eigenvalue weighted by molar-refractivity contribution is 0.122. The summed E-state index contributed by atoms with van der Waals surface area (Å²) in [5, 5.41) is 9.64. The first-order valence-corrected chi connectivity index (χ1v) is 10.0. The van der Waals surface area contributed by atoms with Gasteiger partial charge in [0.25, 0.3) is 0 Å². The topological polar surface area (TPSA) is 61.8 Å². The van der Waals surface area contributed by atoms with Crippen LogP contribution in [0.4, 0.5) is 10.1 Å². The van der Waals surface area contributed by atoms with Crippen LogP contribution in [0.1, 0.15) is 16.3 Å². The molecular formula is C19H27FIN5OS. The first-order chi connectivity index (χ1) is 13.2. The van der Waals surface area contributed by atoms with Crippen LogP contribution >= 0.6 is 35.3 Å². The highest BCUT2D eigenvalue weighted by Gasteiger charge is 2.15. The minimum atomic E-state index is -0.196. The number of hydrogen-bond donors (Lipinski definition) is 2. The molecule has 0 atom stereocenters. The lowest BCUT2D eigenvalue weighted by Crippen LogP contribution is -2.38. The van der Waals surface area contributed by atoms with Gasteiger partial charge >= 0.3 is 0 Å². The number of halogens is 2. The average Bonchev–Trinajstić information content (AvgIpc) is 3.10. The predicted molar refractivity (Wildman–Crippen MR) is 124 cm³/mol. The molecule has 3 rings (SSSR count). The molecule has 154 valence electrons. The molecule has 2 N–H and O–H groups in total. The number of aliphatic imine (C=N–C) groups is 1. The van der Waals surface area contributed by atoms with Crippen LogP contribution < -0.4 is 15.5 Å². The fourth-order valence-corrected chi connectivity index (χ4v) is 3.61. The van der Waals surface area contributed by atoms with Crippen molar-refractivity contribution in [3.8, 4) is 0 Å². The molecule has 1 fully saturated rings.